The zero-order valence-corrected chi connectivity index (χ0v) is 11.0. The van der Waals surface area contributed by atoms with Crippen molar-refractivity contribution < 1.29 is 4.74 Å². The number of rotatable bonds is 10. The molecule has 0 N–H and O–H groups in total. The molecule has 1 aromatic rings. The molecule has 0 saturated carbocycles. The highest BCUT2D eigenvalue weighted by Crippen LogP contribution is 2.06. The van der Waals surface area contributed by atoms with Crippen molar-refractivity contribution >= 4 is 0 Å². The Morgan fingerprint density at radius 2 is 1.82 bits per heavy atom. The molecule has 1 rings (SSSR count). The van der Waals surface area contributed by atoms with Gasteiger partial charge in [-0.2, -0.15) is 0 Å². The summed E-state index contributed by atoms with van der Waals surface area (Å²) in [6, 6.07) is 10.6. The Balaban J connectivity index is 1.85. The van der Waals surface area contributed by atoms with E-state index in [1.165, 1.54) is 37.7 Å². The molecule has 95 valence electrons. The predicted molar refractivity (Wildman–Crippen MR) is 73.8 cm³/mol. The lowest BCUT2D eigenvalue weighted by molar-refractivity contribution is 0.184. The molecule has 1 heteroatoms. The molecule has 0 saturated heterocycles. The van der Waals surface area contributed by atoms with Crippen LogP contribution in [0.2, 0.25) is 0 Å². The van der Waals surface area contributed by atoms with Gasteiger partial charge < -0.3 is 4.74 Å². The Morgan fingerprint density at radius 1 is 1.00 bits per heavy atom. The van der Waals surface area contributed by atoms with Gasteiger partial charge in [0.25, 0.3) is 0 Å². The van der Waals surface area contributed by atoms with Gasteiger partial charge in [0.15, 0.2) is 0 Å². The fourth-order valence-electron chi connectivity index (χ4n) is 1.81. The van der Waals surface area contributed by atoms with Crippen LogP contribution in [0.1, 0.15) is 51.0 Å². The molecule has 0 atom stereocenters. The van der Waals surface area contributed by atoms with E-state index in [9.17, 15) is 0 Å². The highest BCUT2D eigenvalue weighted by Gasteiger charge is 1.94. The second-order valence-corrected chi connectivity index (χ2v) is 4.48. The molecule has 0 aliphatic heterocycles. The van der Waals surface area contributed by atoms with Crippen molar-refractivity contribution in [2.45, 2.75) is 51.9 Å². The standard InChI is InChI=1S/C16H25O/c1-2-3-4-9-14-17-15-10-8-13-16-11-6-5-7-12-16/h5-7,11-12,15H,2-4,8-10,13-14H2,1H3. The first-order valence-electron chi connectivity index (χ1n) is 6.90. The lowest BCUT2D eigenvalue weighted by Crippen LogP contribution is -1.93. The maximum atomic E-state index is 5.49. The van der Waals surface area contributed by atoms with E-state index in [0.29, 0.717) is 0 Å². The van der Waals surface area contributed by atoms with E-state index in [0.717, 1.165) is 19.4 Å². The number of benzene rings is 1. The molecule has 0 spiro atoms. The van der Waals surface area contributed by atoms with Gasteiger partial charge in [-0.15, -0.1) is 0 Å². The van der Waals surface area contributed by atoms with E-state index in [1.54, 1.807) is 0 Å². The number of hydrogen-bond donors (Lipinski definition) is 0. The van der Waals surface area contributed by atoms with Gasteiger partial charge in [-0.1, -0.05) is 56.5 Å². The van der Waals surface area contributed by atoms with Gasteiger partial charge in [0.1, 0.15) is 0 Å². The summed E-state index contributed by atoms with van der Waals surface area (Å²) >= 11 is 0. The quantitative estimate of drug-likeness (QED) is 0.529. The molecule has 0 aliphatic rings. The van der Waals surface area contributed by atoms with Gasteiger partial charge in [0.05, 0.1) is 6.61 Å². The van der Waals surface area contributed by atoms with E-state index in [1.807, 2.05) is 6.61 Å². The SMILES string of the molecule is CCCCCCO[CH]CCCc1ccccc1. The van der Waals surface area contributed by atoms with Gasteiger partial charge in [0, 0.05) is 6.61 Å². The van der Waals surface area contributed by atoms with Crippen LogP contribution in [0.25, 0.3) is 0 Å². The molecule has 0 heterocycles. The molecule has 1 nitrogen and oxygen atoms in total. The summed E-state index contributed by atoms with van der Waals surface area (Å²) in [5.74, 6) is 0. The molecular weight excluding hydrogens is 208 g/mol. The third-order valence-corrected chi connectivity index (χ3v) is 2.86. The monoisotopic (exact) mass is 233 g/mol. The highest BCUT2D eigenvalue weighted by molar-refractivity contribution is 5.14. The summed E-state index contributed by atoms with van der Waals surface area (Å²) < 4.78 is 5.49. The van der Waals surface area contributed by atoms with Crippen LogP contribution >= 0.6 is 0 Å². The molecule has 0 unspecified atom stereocenters. The Kier molecular flexibility index (Phi) is 8.66. The summed E-state index contributed by atoms with van der Waals surface area (Å²) in [5, 5.41) is 0. The average Bonchev–Trinajstić information content (AvgIpc) is 2.38. The summed E-state index contributed by atoms with van der Waals surface area (Å²) in [6.45, 7) is 5.11. The first kappa shape index (κ1) is 14.2. The van der Waals surface area contributed by atoms with Crippen molar-refractivity contribution in [2.75, 3.05) is 6.61 Å². The van der Waals surface area contributed by atoms with Crippen molar-refractivity contribution in [3.05, 3.63) is 42.5 Å². The molecule has 17 heavy (non-hydrogen) atoms. The molecular formula is C16H25O. The van der Waals surface area contributed by atoms with Gasteiger partial charge >= 0.3 is 0 Å². The highest BCUT2D eigenvalue weighted by atomic mass is 16.5. The zero-order chi connectivity index (χ0) is 12.2. The maximum Gasteiger partial charge on any atom is 0.0836 e. The van der Waals surface area contributed by atoms with Crippen molar-refractivity contribution in [2.24, 2.45) is 0 Å². The van der Waals surface area contributed by atoms with Crippen LogP contribution in [0, 0.1) is 6.61 Å². The summed E-state index contributed by atoms with van der Waals surface area (Å²) in [4.78, 5) is 0. The molecule has 0 aromatic heterocycles. The number of aryl methyl sites for hydroxylation is 1. The minimum absolute atomic E-state index is 0.894. The van der Waals surface area contributed by atoms with Crippen molar-refractivity contribution in [1.82, 2.24) is 0 Å². The lowest BCUT2D eigenvalue weighted by Gasteiger charge is -2.03. The molecule has 0 bridgehead atoms. The van der Waals surface area contributed by atoms with Crippen LogP contribution in [-0.2, 0) is 11.2 Å². The van der Waals surface area contributed by atoms with E-state index in [2.05, 4.69) is 37.3 Å². The van der Waals surface area contributed by atoms with E-state index in [-0.39, 0.29) is 0 Å². The Bertz CT molecular complexity index is 255. The predicted octanol–water partition coefficient (Wildman–Crippen LogP) is 4.77. The van der Waals surface area contributed by atoms with Crippen LogP contribution in [0.5, 0.6) is 0 Å². The Labute approximate surface area is 106 Å². The number of ether oxygens (including phenoxy) is 1. The van der Waals surface area contributed by atoms with Gasteiger partial charge in [-0.05, 0) is 31.2 Å². The minimum Gasteiger partial charge on any atom is -0.376 e. The first-order valence-corrected chi connectivity index (χ1v) is 6.90. The second kappa shape index (κ2) is 10.3. The molecule has 0 aliphatic carbocycles. The number of hydrogen-bond acceptors (Lipinski definition) is 1. The van der Waals surface area contributed by atoms with Gasteiger partial charge in [0.2, 0.25) is 0 Å². The van der Waals surface area contributed by atoms with Crippen molar-refractivity contribution in [3.63, 3.8) is 0 Å². The topological polar surface area (TPSA) is 9.23 Å². The maximum absolute atomic E-state index is 5.49. The summed E-state index contributed by atoms with van der Waals surface area (Å²) in [6.07, 6.45) is 8.51. The Hall–Kier alpha value is -0.820. The normalized spacial score (nSPS) is 10.6. The van der Waals surface area contributed by atoms with E-state index >= 15 is 0 Å². The second-order valence-electron chi connectivity index (χ2n) is 4.48. The summed E-state index contributed by atoms with van der Waals surface area (Å²) in [5.41, 5.74) is 1.42. The lowest BCUT2D eigenvalue weighted by atomic mass is 10.1. The van der Waals surface area contributed by atoms with Crippen molar-refractivity contribution in [1.29, 1.82) is 0 Å². The fraction of sp³-hybridized carbons (Fsp3) is 0.562. The molecule has 1 aromatic carbocycles. The summed E-state index contributed by atoms with van der Waals surface area (Å²) in [7, 11) is 0. The average molecular weight is 233 g/mol. The molecule has 1 radical (unpaired) electrons. The smallest absolute Gasteiger partial charge is 0.0836 e. The molecule has 0 amide bonds. The first-order chi connectivity index (χ1) is 8.43. The van der Waals surface area contributed by atoms with Crippen LogP contribution in [0.3, 0.4) is 0 Å². The van der Waals surface area contributed by atoms with Crippen LogP contribution < -0.4 is 0 Å². The van der Waals surface area contributed by atoms with E-state index in [4.69, 9.17) is 4.74 Å². The fourth-order valence-corrected chi connectivity index (χ4v) is 1.81. The third-order valence-electron chi connectivity index (χ3n) is 2.86. The minimum atomic E-state index is 0.894. The van der Waals surface area contributed by atoms with Crippen molar-refractivity contribution in [3.8, 4) is 0 Å². The van der Waals surface area contributed by atoms with Crippen LogP contribution in [0.15, 0.2) is 30.3 Å². The van der Waals surface area contributed by atoms with Crippen LogP contribution in [0.4, 0.5) is 0 Å². The van der Waals surface area contributed by atoms with E-state index < -0.39 is 0 Å². The van der Waals surface area contributed by atoms with Gasteiger partial charge in [-0.25, -0.2) is 0 Å². The molecule has 0 fully saturated rings. The Morgan fingerprint density at radius 3 is 2.59 bits per heavy atom. The third kappa shape index (κ3) is 7.98. The zero-order valence-electron chi connectivity index (χ0n) is 11.0. The largest absolute Gasteiger partial charge is 0.376 e. The van der Waals surface area contributed by atoms with Gasteiger partial charge in [-0.3, -0.25) is 0 Å². The van der Waals surface area contributed by atoms with Crippen LogP contribution in [-0.4, -0.2) is 6.61 Å². The number of unbranched alkanes of at least 4 members (excludes halogenated alkanes) is 4.